The predicted octanol–water partition coefficient (Wildman–Crippen LogP) is 4.29. The first-order valence-corrected chi connectivity index (χ1v) is 7.31. The summed E-state index contributed by atoms with van der Waals surface area (Å²) in [6.45, 7) is 4.53. The molecule has 5 heteroatoms. The molecule has 0 aliphatic rings. The molecule has 0 aliphatic carbocycles. The van der Waals surface area contributed by atoms with Gasteiger partial charge in [-0.05, 0) is 37.6 Å². The van der Waals surface area contributed by atoms with Crippen LogP contribution in [0.1, 0.15) is 16.7 Å². The topological polar surface area (TPSA) is 50.4 Å². The molecule has 22 heavy (non-hydrogen) atoms. The van der Waals surface area contributed by atoms with Crippen LogP contribution < -0.4 is 15.4 Å². The molecule has 0 heterocycles. The highest BCUT2D eigenvalue weighted by Crippen LogP contribution is 2.27. The van der Waals surface area contributed by atoms with Crippen molar-refractivity contribution in [2.24, 2.45) is 0 Å². The van der Waals surface area contributed by atoms with E-state index in [9.17, 15) is 4.79 Å². The fourth-order valence-corrected chi connectivity index (χ4v) is 2.47. The minimum atomic E-state index is -0.306. The maximum atomic E-state index is 12.0. The van der Waals surface area contributed by atoms with Crippen molar-refractivity contribution in [3.63, 3.8) is 0 Å². The Bertz CT molecular complexity index is 666. The predicted molar refractivity (Wildman–Crippen MR) is 89.8 cm³/mol. The summed E-state index contributed by atoms with van der Waals surface area (Å²) >= 11 is 5.94. The van der Waals surface area contributed by atoms with Gasteiger partial charge in [0.2, 0.25) is 0 Å². The van der Waals surface area contributed by atoms with Crippen molar-refractivity contribution in [1.82, 2.24) is 5.32 Å². The second-order valence-corrected chi connectivity index (χ2v) is 5.58. The van der Waals surface area contributed by atoms with E-state index in [1.54, 1.807) is 25.3 Å². The minimum Gasteiger partial charge on any atom is -0.495 e. The summed E-state index contributed by atoms with van der Waals surface area (Å²) in [6.07, 6.45) is 0. The van der Waals surface area contributed by atoms with E-state index < -0.39 is 0 Å². The summed E-state index contributed by atoms with van der Waals surface area (Å²) in [6, 6.07) is 11.0. The highest BCUT2D eigenvalue weighted by Gasteiger charge is 2.08. The average Bonchev–Trinajstić information content (AvgIpc) is 2.44. The fourth-order valence-electron chi connectivity index (χ4n) is 2.30. The molecular weight excluding hydrogens is 300 g/mol. The van der Waals surface area contributed by atoms with E-state index in [0.29, 0.717) is 23.0 Å². The van der Waals surface area contributed by atoms with Crippen LogP contribution in [-0.2, 0) is 6.54 Å². The lowest BCUT2D eigenvalue weighted by Gasteiger charge is -2.12. The van der Waals surface area contributed by atoms with Crippen molar-refractivity contribution >= 4 is 23.3 Å². The molecule has 0 spiro atoms. The van der Waals surface area contributed by atoms with E-state index in [1.807, 2.05) is 26.0 Å². The molecule has 0 aliphatic heterocycles. The first kappa shape index (κ1) is 16.2. The molecule has 116 valence electrons. The Kier molecular flexibility index (Phi) is 5.28. The third kappa shape index (κ3) is 4.40. The third-order valence-electron chi connectivity index (χ3n) is 3.14. The van der Waals surface area contributed by atoms with Crippen LogP contribution in [0.5, 0.6) is 5.75 Å². The molecule has 0 bridgehead atoms. The molecule has 0 radical (unpaired) electrons. The smallest absolute Gasteiger partial charge is 0.319 e. The molecule has 0 unspecified atom stereocenters. The summed E-state index contributed by atoms with van der Waals surface area (Å²) < 4.78 is 5.19. The monoisotopic (exact) mass is 318 g/mol. The van der Waals surface area contributed by atoms with E-state index in [4.69, 9.17) is 16.3 Å². The standard InChI is InChI=1S/C17H19ClN2O2/c1-11-6-12(2)8-13(7-11)10-19-17(21)20-15-9-14(18)4-5-16(15)22-3/h4-9H,10H2,1-3H3,(H2,19,20,21). The van der Waals surface area contributed by atoms with Gasteiger partial charge in [0, 0.05) is 11.6 Å². The van der Waals surface area contributed by atoms with E-state index in [-0.39, 0.29) is 6.03 Å². The van der Waals surface area contributed by atoms with Gasteiger partial charge in [0.25, 0.3) is 0 Å². The van der Waals surface area contributed by atoms with Gasteiger partial charge < -0.3 is 15.4 Å². The lowest BCUT2D eigenvalue weighted by atomic mass is 10.1. The molecule has 0 saturated heterocycles. The second-order valence-electron chi connectivity index (χ2n) is 5.15. The van der Waals surface area contributed by atoms with E-state index in [0.717, 1.165) is 5.56 Å². The Labute approximate surface area is 135 Å². The molecular formula is C17H19ClN2O2. The average molecular weight is 319 g/mol. The highest BCUT2D eigenvalue weighted by atomic mass is 35.5. The highest BCUT2D eigenvalue weighted by molar-refractivity contribution is 6.31. The number of urea groups is 1. The Morgan fingerprint density at radius 3 is 2.45 bits per heavy atom. The SMILES string of the molecule is COc1ccc(Cl)cc1NC(=O)NCc1cc(C)cc(C)c1. The first-order valence-electron chi connectivity index (χ1n) is 6.93. The van der Waals surface area contributed by atoms with Gasteiger partial charge in [0.15, 0.2) is 0 Å². The van der Waals surface area contributed by atoms with Crippen molar-refractivity contribution in [2.75, 3.05) is 12.4 Å². The summed E-state index contributed by atoms with van der Waals surface area (Å²) in [5.74, 6) is 0.561. The lowest BCUT2D eigenvalue weighted by molar-refractivity contribution is 0.251. The van der Waals surface area contributed by atoms with Crippen LogP contribution >= 0.6 is 11.6 Å². The number of carbonyl (C=O) groups is 1. The number of hydrogen-bond acceptors (Lipinski definition) is 2. The quantitative estimate of drug-likeness (QED) is 0.883. The molecule has 2 aromatic carbocycles. The molecule has 2 aromatic rings. The van der Waals surface area contributed by atoms with Crippen LogP contribution in [0.2, 0.25) is 5.02 Å². The molecule has 2 amide bonds. The molecule has 0 aromatic heterocycles. The zero-order valence-electron chi connectivity index (χ0n) is 12.9. The number of halogens is 1. The zero-order chi connectivity index (χ0) is 16.1. The van der Waals surface area contributed by atoms with E-state index in [2.05, 4.69) is 16.7 Å². The largest absolute Gasteiger partial charge is 0.495 e. The van der Waals surface area contributed by atoms with Gasteiger partial charge in [-0.2, -0.15) is 0 Å². The molecule has 2 rings (SSSR count). The van der Waals surface area contributed by atoms with Gasteiger partial charge >= 0.3 is 6.03 Å². The molecule has 2 N–H and O–H groups in total. The second kappa shape index (κ2) is 7.18. The van der Waals surface area contributed by atoms with Crippen LogP contribution in [0.25, 0.3) is 0 Å². The van der Waals surface area contributed by atoms with Gasteiger partial charge in [0.1, 0.15) is 5.75 Å². The van der Waals surface area contributed by atoms with Gasteiger partial charge in [-0.15, -0.1) is 0 Å². The molecule has 0 atom stereocenters. The maximum absolute atomic E-state index is 12.0. The Morgan fingerprint density at radius 2 is 1.82 bits per heavy atom. The molecule has 4 nitrogen and oxygen atoms in total. The summed E-state index contributed by atoms with van der Waals surface area (Å²) in [5.41, 5.74) is 3.95. The van der Waals surface area contributed by atoms with Crippen molar-refractivity contribution in [3.8, 4) is 5.75 Å². The van der Waals surface area contributed by atoms with Crippen LogP contribution in [-0.4, -0.2) is 13.1 Å². The van der Waals surface area contributed by atoms with Crippen LogP contribution in [0.3, 0.4) is 0 Å². The molecule has 0 saturated carbocycles. The van der Waals surface area contributed by atoms with Crippen LogP contribution in [0.4, 0.5) is 10.5 Å². The fraction of sp³-hybridized carbons (Fsp3) is 0.235. The number of anilines is 1. The number of carbonyl (C=O) groups excluding carboxylic acids is 1. The number of rotatable bonds is 4. The van der Waals surface area contributed by atoms with Crippen LogP contribution in [0, 0.1) is 13.8 Å². The van der Waals surface area contributed by atoms with Gasteiger partial charge in [0.05, 0.1) is 12.8 Å². The summed E-state index contributed by atoms with van der Waals surface area (Å²) in [5, 5.41) is 6.10. The lowest BCUT2D eigenvalue weighted by Crippen LogP contribution is -2.28. The maximum Gasteiger partial charge on any atom is 0.319 e. The Hall–Kier alpha value is -2.20. The van der Waals surface area contributed by atoms with Crippen LogP contribution in [0.15, 0.2) is 36.4 Å². The van der Waals surface area contributed by atoms with Crippen molar-refractivity contribution in [3.05, 3.63) is 58.1 Å². The van der Waals surface area contributed by atoms with Crippen molar-refractivity contribution in [2.45, 2.75) is 20.4 Å². The minimum absolute atomic E-state index is 0.306. The van der Waals surface area contributed by atoms with Gasteiger partial charge in [-0.3, -0.25) is 0 Å². The Balaban J connectivity index is 2.00. The summed E-state index contributed by atoms with van der Waals surface area (Å²) in [7, 11) is 1.54. The molecule has 0 fully saturated rings. The number of benzene rings is 2. The normalized spacial score (nSPS) is 10.2. The van der Waals surface area contributed by atoms with E-state index in [1.165, 1.54) is 11.1 Å². The number of aryl methyl sites for hydroxylation is 2. The van der Waals surface area contributed by atoms with Gasteiger partial charge in [-0.25, -0.2) is 4.79 Å². The number of nitrogens with one attached hydrogen (secondary N) is 2. The Morgan fingerprint density at radius 1 is 1.14 bits per heavy atom. The number of methoxy groups -OCH3 is 1. The van der Waals surface area contributed by atoms with Crippen molar-refractivity contribution < 1.29 is 9.53 Å². The van der Waals surface area contributed by atoms with Gasteiger partial charge in [-0.1, -0.05) is 40.9 Å². The zero-order valence-corrected chi connectivity index (χ0v) is 13.6. The van der Waals surface area contributed by atoms with E-state index >= 15 is 0 Å². The number of amides is 2. The first-order chi connectivity index (χ1) is 10.5. The third-order valence-corrected chi connectivity index (χ3v) is 3.38. The van der Waals surface area contributed by atoms with Crippen molar-refractivity contribution in [1.29, 1.82) is 0 Å². The summed E-state index contributed by atoms with van der Waals surface area (Å²) in [4.78, 5) is 12.0. The number of hydrogen-bond donors (Lipinski definition) is 2. The number of ether oxygens (including phenoxy) is 1.